The molecule has 0 saturated heterocycles. The number of rotatable bonds is 7. The lowest BCUT2D eigenvalue weighted by Gasteiger charge is -2.30. The number of benzene rings is 1. The fourth-order valence-electron chi connectivity index (χ4n) is 1.85. The topological polar surface area (TPSA) is 18.5 Å². The van der Waals surface area contributed by atoms with Gasteiger partial charge in [0.05, 0.1) is 6.61 Å². The summed E-state index contributed by atoms with van der Waals surface area (Å²) in [5.74, 6) is 1.99. The second-order valence-corrected chi connectivity index (χ2v) is 6.81. The van der Waals surface area contributed by atoms with E-state index < -0.39 is 0 Å². The third kappa shape index (κ3) is 4.82. The zero-order valence-corrected chi connectivity index (χ0v) is 14.1. The quantitative estimate of drug-likeness (QED) is 0.652. The third-order valence-corrected chi connectivity index (χ3v) is 4.01. The van der Waals surface area contributed by atoms with Gasteiger partial charge in [0.1, 0.15) is 5.75 Å². The molecule has 2 heteroatoms. The molecule has 0 aliphatic heterocycles. The van der Waals surface area contributed by atoms with Crippen LogP contribution in [0.4, 0.5) is 0 Å². The Bertz CT molecular complexity index is 390. The molecule has 1 aromatic rings. The molecule has 0 saturated carbocycles. The van der Waals surface area contributed by atoms with Gasteiger partial charge in [0.25, 0.3) is 0 Å². The molecule has 1 rings (SSSR count). The summed E-state index contributed by atoms with van der Waals surface area (Å²) >= 11 is 0. The van der Waals surface area contributed by atoms with Gasteiger partial charge in [-0.15, -0.1) is 0 Å². The Morgan fingerprint density at radius 3 is 1.95 bits per heavy atom. The average molecular weight is 278 g/mol. The smallest absolute Gasteiger partial charge is 0.196 e. The molecule has 0 fully saturated rings. The van der Waals surface area contributed by atoms with Crippen molar-refractivity contribution in [1.29, 1.82) is 0 Å². The van der Waals surface area contributed by atoms with Crippen molar-refractivity contribution in [3.8, 4) is 5.75 Å². The van der Waals surface area contributed by atoms with E-state index in [-0.39, 0.29) is 11.7 Å². The second-order valence-electron chi connectivity index (χ2n) is 6.81. The molecule has 20 heavy (non-hydrogen) atoms. The van der Waals surface area contributed by atoms with Crippen LogP contribution in [-0.4, -0.2) is 12.9 Å². The zero-order valence-electron chi connectivity index (χ0n) is 14.1. The van der Waals surface area contributed by atoms with Gasteiger partial charge in [-0.2, -0.15) is 0 Å². The minimum absolute atomic E-state index is 0.179. The monoisotopic (exact) mass is 278 g/mol. The molecule has 0 heterocycles. The SMILES string of the molecule is CC(C)COC(C)Oc1ccc(C(C)(C)C(C)C)cc1. The van der Waals surface area contributed by atoms with E-state index in [2.05, 4.69) is 53.7 Å². The van der Waals surface area contributed by atoms with Crippen LogP contribution in [0.5, 0.6) is 5.75 Å². The molecular weight excluding hydrogens is 248 g/mol. The van der Waals surface area contributed by atoms with Crippen LogP contribution >= 0.6 is 0 Å². The summed E-state index contributed by atoms with van der Waals surface area (Å²) in [6.07, 6.45) is -0.207. The van der Waals surface area contributed by atoms with Crippen LogP contribution in [0.15, 0.2) is 24.3 Å². The van der Waals surface area contributed by atoms with E-state index >= 15 is 0 Å². The Morgan fingerprint density at radius 2 is 1.50 bits per heavy atom. The summed E-state index contributed by atoms with van der Waals surface area (Å²) in [4.78, 5) is 0. The lowest BCUT2D eigenvalue weighted by atomic mass is 9.75. The molecule has 0 radical (unpaired) electrons. The summed E-state index contributed by atoms with van der Waals surface area (Å²) in [7, 11) is 0. The van der Waals surface area contributed by atoms with Crippen molar-refractivity contribution in [3.63, 3.8) is 0 Å². The molecule has 1 unspecified atom stereocenters. The van der Waals surface area contributed by atoms with E-state index in [1.165, 1.54) is 5.56 Å². The van der Waals surface area contributed by atoms with Crippen LogP contribution in [0.1, 0.15) is 54.0 Å². The lowest BCUT2D eigenvalue weighted by Crippen LogP contribution is -2.24. The van der Waals surface area contributed by atoms with E-state index in [1.807, 2.05) is 19.1 Å². The van der Waals surface area contributed by atoms with Gasteiger partial charge < -0.3 is 9.47 Å². The minimum atomic E-state index is -0.207. The van der Waals surface area contributed by atoms with Gasteiger partial charge in [0, 0.05) is 0 Å². The van der Waals surface area contributed by atoms with Crippen LogP contribution < -0.4 is 4.74 Å². The minimum Gasteiger partial charge on any atom is -0.465 e. The molecule has 0 N–H and O–H groups in total. The van der Waals surface area contributed by atoms with Gasteiger partial charge in [-0.05, 0) is 41.9 Å². The fraction of sp³-hybridized carbons (Fsp3) is 0.667. The summed E-state index contributed by atoms with van der Waals surface area (Å²) in [6, 6.07) is 8.39. The number of hydrogen-bond acceptors (Lipinski definition) is 2. The third-order valence-electron chi connectivity index (χ3n) is 4.01. The van der Waals surface area contributed by atoms with Crippen LogP contribution in [0.3, 0.4) is 0 Å². The van der Waals surface area contributed by atoms with Crippen molar-refractivity contribution in [1.82, 2.24) is 0 Å². The summed E-state index contributed by atoms with van der Waals surface area (Å²) in [5.41, 5.74) is 1.52. The zero-order chi connectivity index (χ0) is 15.3. The Kier molecular flexibility index (Phi) is 6.07. The first-order valence-corrected chi connectivity index (χ1v) is 7.62. The molecule has 0 amide bonds. The van der Waals surface area contributed by atoms with Crippen LogP contribution in [0.25, 0.3) is 0 Å². The van der Waals surface area contributed by atoms with Gasteiger partial charge >= 0.3 is 0 Å². The highest BCUT2D eigenvalue weighted by atomic mass is 16.7. The molecule has 1 atom stereocenters. The van der Waals surface area contributed by atoms with Crippen molar-refractivity contribution in [3.05, 3.63) is 29.8 Å². The first kappa shape index (κ1) is 17.0. The molecule has 0 bridgehead atoms. The second kappa shape index (κ2) is 7.12. The van der Waals surface area contributed by atoms with Crippen molar-refractivity contribution < 1.29 is 9.47 Å². The van der Waals surface area contributed by atoms with Crippen LogP contribution in [-0.2, 0) is 10.2 Å². The maximum absolute atomic E-state index is 5.77. The van der Waals surface area contributed by atoms with E-state index in [0.717, 1.165) is 12.4 Å². The van der Waals surface area contributed by atoms with E-state index in [9.17, 15) is 0 Å². The molecule has 0 spiro atoms. The first-order chi connectivity index (χ1) is 9.23. The average Bonchev–Trinajstić information content (AvgIpc) is 2.37. The molecule has 0 aliphatic rings. The molecule has 2 nitrogen and oxygen atoms in total. The predicted molar refractivity (Wildman–Crippen MR) is 85.2 cm³/mol. The molecule has 114 valence electrons. The largest absolute Gasteiger partial charge is 0.465 e. The van der Waals surface area contributed by atoms with Crippen molar-refractivity contribution in [2.45, 2.75) is 60.2 Å². The Labute approximate surface area is 124 Å². The Balaban J connectivity index is 2.63. The highest BCUT2D eigenvalue weighted by molar-refractivity contribution is 5.32. The van der Waals surface area contributed by atoms with E-state index in [4.69, 9.17) is 9.47 Å². The van der Waals surface area contributed by atoms with Crippen LogP contribution in [0, 0.1) is 11.8 Å². The summed E-state index contributed by atoms with van der Waals surface area (Å²) in [5, 5.41) is 0. The van der Waals surface area contributed by atoms with Gasteiger partial charge in [-0.25, -0.2) is 0 Å². The molecule has 0 aromatic heterocycles. The van der Waals surface area contributed by atoms with Crippen molar-refractivity contribution >= 4 is 0 Å². The van der Waals surface area contributed by atoms with Crippen molar-refractivity contribution in [2.75, 3.05) is 6.61 Å². The van der Waals surface area contributed by atoms with Gasteiger partial charge in [-0.1, -0.05) is 53.7 Å². The number of hydrogen-bond donors (Lipinski definition) is 0. The maximum atomic E-state index is 5.77. The van der Waals surface area contributed by atoms with E-state index in [0.29, 0.717) is 11.8 Å². The molecule has 1 aromatic carbocycles. The highest BCUT2D eigenvalue weighted by Crippen LogP contribution is 2.32. The number of ether oxygens (including phenoxy) is 2. The highest BCUT2D eigenvalue weighted by Gasteiger charge is 2.24. The summed E-state index contributed by atoms with van der Waals surface area (Å²) in [6.45, 7) is 16.0. The predicted octanol–water partition coefficient (Wildman–Crippen LogP) is 5.02. The normalized spacial score (nSPS) is 13.8. The Hall–Kier alpha value is -1.02. The van der Waals surface area contributed by atoms with Gasteiger partial charge in [0.2, 0.25) is 0 Å². The molecule has 0 aliphatic carbocycles. The summed E-state index contributed by atoms with van der Waals surface area (Å²) < 4.78 is 11.4. The Morgan fingerprint density at radius 1 is 0.950 bits per heavy atom. The molecular formula is C18H30O2. The maximum Gasteiger partial charge on any atom is 0.196 e. The van der Waals surface area contributed by atoms with Gasteiger partial charge in [0.15, 0.2) is 6.29 Å². The fourth-order valence-corrected chi connectivity index (χ4v) is 1.85. The van der Waals surface area contributed by atoms with Crippen molar-refractivity contribution in [2.24, 2.45) is 11.8 Å². The lowest BCUT2D eigenvalue weighted by molar-refractivity contribution is -0.0756. The first-order valence-electron chi connectivity index (χ1n) is 7.62. The standard InChI is InChI=1S/C18H30O2/c1-13(2)12-19-15(5)20-17-10-8-16(9-11-17)18(6,7)14(3)4/h8-11,13-15H,12H2,1-7H3. The van der Waals surface area contributed by atoms with Crippen LogP contribution in [0.2, 0.25) is 0 Å². The van der Waals surface area contributed by atoms with Gasteiger partial charge in [-0.3, -0.25) is 0 Å². The van der Waals surface area contributed by atoms with E-state index in [1.54, 1.807) is 0 Å².